The number of hydrazine groups is 1. The summed E-state index contributed by atoms with van der Waals surface area (Å²) in [5, 5.41) is 0. The van der Waals surface area contributed by atoms with Crippen LogP contribution >= 0.6 is 0 Å². The number of carbonyl (C=O) groups excluding carboxylic acids is 2. The van der Waals surface area contributed by atoms with Crippen LogP contribution in [0, 0.1) is 0 Å². The van der Waals surface area contributed by atoms with Gasteiger partial charge in [-0.1, -0.05) is 24.3 Å². The maximum absolute atomic E-state index is 11.2. The van der Waals surface area contributed by atoms with E-state index >= 15 is 0 Å². The van der Waals surface area contributed by atoms with Crippen molar-refractivity contribution in [2.75, 3.05) is 0 Å². The normalized spacial score (nSPS) is 13.0. The van der Waals surface area contributed by atoms with Crippen LogP contribution in [0.4, 0.5) is 0 Å². The first kappa shape index (κ1) is 10.3. The van der Waals surface area contributed by atoms with Crippen LogP contribution < -0.4 is 11.7 Å². The fraction of sp³-hybridized carbons (Fsp3) is 0. The summed E-state index contributed by atoms with van der Waals surface area (Å²) in [5.41, 5.74) is 1.01. The van der Waals surface area contributed by atoms with E-state index in [-0.39, 0.29) is 11.6 Å². The molecule has 72 valence electrons. The van der Waals surface area contributed by atoms with Crippen molar-refractivity contribution in [3.05, 3.63) is 47.5 Å². The molecule has 0 bridgehead atoms. The molecule has 0 heterocycles. The van der Waals surface area contributed by atoms with Crippen LogP contribution in [0.15, 0.2) is 36.4 Å². The van der Waals surface area contributed by atoms with Crippen molar-refractivity contribution in [1.29, 1.82) is 0 Å². The summed E-state index contributed by atoms with van der Waals surface area (Å²) in [5.74, 6) is 7.82. The van der Waals surface area contributed by atoms with E-state index in [2.05, 4.69) is 11.7 Å². The smallest absolute Gasteiger partial charge is 0.186 e. The third kappa shape index (κ3) is 1.76. The van der Waals surface area contributed by atoms with Gasteiger partial charge in [0.05, 0.1) is 0 Å². The van der Waals surface area contributed by atoms with Crippen LogP contribution in [0.5, 0.6) is 0 Å². The summed E-state index contributed by atoms with van der Waals surface area (Å²) >= 11 is 0. The van der Waals surface area contributed by atoms with Crippen molar-refractivity contribution in [3.63, 3.8) is 0 Å². The topological polar surface area (TPSA) is 86.2 Å². The lowest BCUT2D eigenvalue weighted by atomic mass is 9.95. The van der Waals surface area contributed by atoms with Crippen molar-refractivity contribution in [1.82, 2.24) is 0 Å². The molecule has 14 heavy (non-hydrogen) atoms. The molecule has 0 saturated heterocycles. The van der Waals surface area contributed by atoms with Crippen LogP contribution in [0.1, 0.15) is 20.7 Å². The second-order valence-corrected chi connectivity index (χ2v) is 2.61. The molecule has 1 aromatic carbocycles. The number of rotatable bonds is 0. The Kier molecular flexibility index (Phi) is 3.28. The van der Waals surface area contributed by atoms with Crippen LogP contribution in [-0.2, 0) is 0 Å². The van der Waals surface area contributed by atoms with Crippen LogP contribution in [0.2, 0.25) is 0 Å². The lowest BCUT2D eigenvalue weighted by Crippen LogP contribution is -2.10. The zero-order valence-electron chi connectivity index (χ0n) is 7.44. The molecule has 1 aliphatic rings. The average Bonchev–Trinajstić information content (AvgIpc) is 2.27. The highest BCUT2D eigenvalue weighted by molar-refractivity contribution is 6.21. The molecule has 0 radical (unpaired) electrons. The molecule has 0 atom stereocenters. The highest BCUT2D eigenvalue weighted by Gasteiger charge is 2.16. The van der Waals surface area contributed by atoms with Crippen LogP contribution in [0.3, 0.4) is 0 Å². The van der Waals surface area contributed by atoms with Crippen molar-refractivity contribution in [3.8, 4) is 0 Å². The highest BCUT2D eigenvalue weighted by Crippen LogP contribution is 2.15. The Morgan fingerprint density at radius 1 is 0.786 bits per heavy atom. The maximum Gasteiger partial charge on any atom is 0.186 e. The van der Waals surface area contributed by atoms with E-state index in [0.717, 1.165) is 0 Å². The van der Waals surface area contributed by atoms with Gasteiger partial charge >= 0.3 is 0 Å². The molecule has 1 aliphatic carbocycles. The van der Waals surface area contributed by atoms with Gasteiger partial charge in [0.25, 0.3) is 0 Å². The second kappa shape index (κ2) is 4.45. The summed E-state index contributed by atoms with van der Waals surface area (Å²) in [6.07, 6.45) is 2.62. The first-order valence-corrected chi connectivity index (χ1v) is 3.98. The predicted octanol–water partition coefficient (Wildman–Crippen LogP) is 0.441. The number of ketones is 2. The van der Waals surface area contributed by atoms with Gasteiger partial charge in [0, 0.05) is 11.1 Å². The maximum atomic E-state index is 11.2. The molecule has 0 aromatic heterocycles. The van der Waals surface area contributed by atoms with Gasteiger partial charge in [0.1, 0.15) is 0 Å². The SMILES string of the molecule is NN.O=C1C=CC(=O)c2ccccc21. The molecule has 0 amide bonds. The van der Waals surface area contributed by atoms with Gasteiger partial charge in [-0.25, -0.2) is 0 Å². The molecule has 4 N–H and O–H groups in total. The molecule has 4 heteroatoms. The molecule has 1 aromatic rings. The van der Waals surface area contributed by atoms with E-state index in [9.17, 15) is 9.59 Å². The average molecular weight is 190 g/mol. The van der Waals surface area contributed by atoms with Gasteiger partial charge in [-0.3, -0.25) is 21.3 Å². The molecular formula is C10H10N2O2. The number of benzene rings is 1. The Labute approximate surface area is 81.2 Å². The van der Waals surface area contributed by atoms with Crippen molar-refractivity contribution < 1.29 is 9.59 Å². The Hall–Kier alpha value is -1.78. The summed E-state index contributed by atoms with van der Waals surface area (Å²) in [6.45, 7) is 0. The lowest BCUT2D eigenvalue weighted by molar-refractivity contribution is 0.0994. The third-order valence-corrected chi connectivity index (χ3v) is 1.84. The molecule has 2 rings (SSSR count). The second-order valence-electron chi connectivity index (χ2n) is 2.61. The Morgan fingerprint density at radius 2 is 1.14 bits per heavy atom. The predicted molar refractivity (Wildman–Crippen MR) is 52.6 cm³/mol. The van der Waals surface area contributed by atoms with Crippen LogP contribution in [-0.4, -0.2) is 11.6 Å². The monoisotopic (exact) mass is 190 g/mol. The zero-order valence-corrected chi connectivity index (χ0v) is 7.44. The van der Waals surface area contributed by atoms with Gasteiger partial charge < -0.3 is 0 Å². The standard InChI is InChI=1S/C10H6O2.H4N2/c11-9-5-6-10(12)8-4-2-1-3-7(8)9;1-2/h1-6H;1-2H2. The molecule has 0 saturated carbocycles. The minimum absolute atomic E-state index is 0.0924. The van der Waals surface area contributed by atoms with E-state index in [1.807, 2.05) is 0 Å². The fourth-order valence-corrected chi connectivity index (χ4v) is 1.24. The number of hydrogen-bond acceptors (Lipinski definition) is 4. The number of allylic oxidation sites excluding steroid dienone is 2. The molecular weight excluding hydrogens is 180 g/mol. The summed E-state index contributed by atoms with van der Waals surface area (Å²) in [7, 11) is 0. The van der Waals surface area contributed by atoms with Crippen molar-refractivity contribution in [2.24, 2.45) is 11.7 Å². The highest BCUT2D eigenvalue weighted by atomic mass is 16.1. The van der Waals surface area contributed by atoms with Crippen LogP contribution in [0.25, 0.3) is 0 Å². The quantitative estimate of drug-likeness (QED) is 0.459. The number of hydrogen-bond donors (Lipinski definition) is 2. The Bertz CT molecular complexity index is 360. The van der Waals surface area contributed by atoms with E-state index in [1.165, 1.54) is 12.2 Å². The van der Waals surface area contributed by atoms with E-state index in [1.54, 1.807) is 24.3 Å². The van der Waals surface area contributed by atoms with Crippen molar-refractivity contribution >= 4 is 11.6 Å². The van der Waals surface area contributed by atoms with Gasteiger partial charge in [0.2, 0.25) is 0 Å². The van der Waals surface area contributed by atoms with Gasteiger partial charge in [-0.15, -0.1) is 0 Å². The largest absolute Gasteiger partial charge is 0.289 e. The third-order valence-electron chi connectivity index (χ3n) is 1.84. The summed E-state index contributed by atoms with van der Waals surface area (Å²) < 4.78 is 0. The first-order chi connectivity index (χ1) is 6.79. The molecule has 4 nitrogen and oxygen atoms in total. The number of fused-ring (bicyclic) bond motifs is 1. The zero-order chi connectivity index (χ0) is 10.6. The minimum Gasteiger partial charge on any atom is -0.289 e. The van der Waals surface area contributed by atoms with E-state index in [0.29, 0.717) is 11.1 Å². The van der Waals surface area contributed by atoms with Gasteiger partial charge in [0.15, 0.2) is 11.6 Å². The molecule has 0 unspecified atom stereocenters. The summed E-state index contributed by atoms with van der Waals surface area (Å²) in [4.78, 5) is 22.4. The van der Waals surface area contributed by atoms with Gasteiger partial charge in [-0.05, 0) is 12.2 Å². The first-order valence-electron chi connectivity index (χ1n) is 3.98. The Balaban J connectivity index is 0.000000461. The molecule has 0 spiro atoms. The lowest BCUT2D eigenvalue weighted by Gasteiger charge is -2.06. The van der Waals surface area contributed by atoms with E-state index in [4.69, 9.17) is 0 Å². The molecule has 0 fully saturated rings. The Morgan fingerprint density at radius 3 is 1.50 bits per heavy atom. The molecule has 0 aliphatic heterocycles. The number of carbonyl (C=O) groups is 2. The van der Waals surface area contributed by atoms with E-state index < -0.39 is 0 Å². The fourth-order valence-electron chi connectivity index (χ4n) is 1.24. The number of nitrogens with two attached hydrogens (primary N) is 2. The minimum atomic E-state index is -0.0924. The summed E-state index contributed by atoms with van der Waals surface area (Å²) in [6, 6.07) is 6.84. The van der Waals surface area contributed by atoms with Gasteiger partial charge in [-0.2, -0.15) is 0 Å². The van der Waals surface area contributed by atoms with Crippen molar-refractivity contribution in [2.45, 2.75) is 0 Å².